The number of nitrogens with zero attached hydrogens (tertiary/aromatic N) is 2. The van der Waals surface area contributed by atoms with Crippen LogP contribution in [0, 0.1) is 0 Å². The van der Waals surface area contributed by atoms with Gasteiger partial charge in [0.05, 0.1) is 6.20 Å². The van der Waals surface area contributed by atoms with Gasteiger partial charge in [0.15, 0.2) is 0 Å². The molecule has 0 amide bonds. The summed E-state index contributed by atoms with van der Waals surface area (Å²) >= 11 is 0. The van der Waals surface area contributed by atoms with Gasteiger partial charge in [-0.3, -0.25) is 0 Å². The highest BCUT2D eigenvalue weighted by molar-refractivity contribution is 5.18. The minimum Gasteiger partial charge on any atom is -0.359 e. The smallest absolute Gasteiger partial charge is 0.359 e. The van der Waals surface area contributed by atoms with Gasteiger partial charge in [-0.25, -0.2) is 9.88 Å². The first-order chi connectivity index (χ1) is 4.86. The van der Waals surface area contributed by atoms with E-state index in [-0.39, 0.29) is 0 Å². The lowest BCUT2D eigenvalue weighted by Gasteiger charge is -1.89. The quantitative estimate of drug-likeness (QED) is 0.457. The molecule has 2 N–H and O–H groups in total. The van der Waals surface area contributed by atoms with Crippen molar-refractivity contribution >= 4 is 5.95 Å². The lowest BCUT2D eigenvalue weighted by molar-refractivity contribution is -0.679. The molecule has 1 atom stereocenters. The number of fused-ring (bicyclic) bond motifs is 1. The standard InChI is InChI=1S/C6H7N3O/c10-5-4-9-3-1-2-7-6(9)8-5/h1-3,5,10H,4H2/p+1. The van der Waals surface area contributed by atoms with Crippen LogP contribution >= 0.6 is 0 Å². The lowest BCUT2D eigenvalue weighted by Crippen LogP contribution is -2.32. The van der Waals surface area contributed by atoms with Crippen molar-refractivity contribution in [3.05, 3.63) is 18.5 Å². The zero-order valence-corrected chi connectivity index (χ0v) is 5.36. The van der Waals surface area contributed by atoms with Crippen LogP contribution in [0.5, 0.6) is 0 Å². The zero-order chi connectivity index (χ0) is 6.97. The molecule has 10 heavy (non-hydrogen) atoms. The van der Waals surface area contributed by atoms with E-state index in [0.29, 0.717) is 6.54 Å². The highest BCUT2D eigenvalue weighted by atomic mass is 16.3. The van der Waals surface area contributed by atoms with Gasteiger partial charge in [-0.1, -0.05) is 4.98 Å². The van der Waals surface area contributed by atoms with Crippen molar-refractivity contribution in [1.82, 2.24) is 4.98 Å². The highest BCUT2D eigenvalue weighted by Crippen LogP contribution is 2.01. The molecule has 4 heteroatoms. The number of rotatable bonds is 0. The highest BCUT2D eigenvalue weighted by Gasteiger charge is 2.24. The van der Waals surface area contributed by atoms with Crippen molar-refractivity contribution in [2.24, 2.45) is 0 Å². The number of nitrogens with one attached hydrogen (secondary N) is 1. The maximum Gasteiger partial charge on any atom is 0.393 e. The fourth-order valence-electron chi connectivity index (χ4n) is 1.05. The number of hydrogen-bond acceptors (Lipinski definition) is 3. The normalized spacial score (nSPS) is 21.9. The van der Waals surface area contributed by atoms with Gasteiger partial charge in [0, 0.05) is 6.07 Å². The van der Waals surface area contributed by atoms with Gasteiger partial charge in [-0.05, 0) is 0 Å². The molecular weight excluding hydrogens is 130 g/mol. The van der Waals surface area contributed by atoms with Gasteiger partial charge in [-0.2, -0.15) is 0 Å². The Kier molecular flexibility index (Phi) is 1.07. The number of anilines is 1. The molecule has 0 bridgehead atoms. The van der Waals surface area contributed by atoms with Gasteiger partial charge in [0.2, 0.25) is 6.23 Å². The van der Waals surface area contributed by atoms with Crippen LogP contribution in [0.4, 0.5) is 5.95 Å². The molecule has 0 spiro atoms. The van der Waals surface area contributed by atoms with Crippen LogP contribution in [0.3, 0.4) is 0 Å². The summed E-state index contributed by atoms with van der Waals surface area (Å²) < 4.78 is 1.87. The molecule has 2 rings (SSSR count). The Hall–Kier alpha value is -1.16. The van der Waals surface area contributed by atoms with Crippen LogP contribution < -0.4 is 9.88 Å². The molecule has 1 aromatic rings. The van der Waals surface area contributed by atoms with E-state index in [1.807, 2.05) is 16.8 Å². The summed E-state index contributed by atoms with van der Waals surface area (Å²) in [6.45, 7) is 0.586. The second kappa shape index (κ2) is 1.91. The summed E-state index contributed by atoms with van der Waals surface area (Å²) in [5.74, 6) is 0.731. The molecule has 1 aliphatic rings. The van der Waals surface area contributed by atoms with Crippen LogP contribution in [0.25, 0.3) is 0 Å². The molecule has 0 fully saturated rings. The maximum absolute atomic E-state index is 9.08. The number of aliphatic hydroxyl groups is 1. The van der Waals surface area contributed by atoms with Crippen molar-refractivity contribution in [2.45, 2.75) is 12.8 Å². The van der Waals surface area contributed by atoms with Crippen molar-refractivity contribution in [1.29, 1.82) is 0 Å². The molecule has 0 aliphatic carbocycles. The summed E-state index contributed by atoms with van der Waals surface area (Å²) in [5.41, 5.74) is 0. The molecule has 2 heterocycles. The summed E-state index contributed by atoms with van der Waals surface area (Å²) in [5, 5.41) is 11.9. The van der Waals surface area contributed by atoms with E-state index in [9.17, 15) is 0 Å². The monoisotopic (exact) mass is 138 g/mol. The number of hydrogen-bond donors (Lipinski definition) is 2. The Morgan fingerprint density at radius 3 is 3.50 bits per heavy atom. The Morgan fingerprint density at radius 2 is 2.70 bits per heavy atom. The maximum atomic E-state index is 9.08. The fourth-order valence-corrected chi connectivity index (χ4v) is 1.05. The molecule has 1 aliphatic heterocycles. The number of aromatic nitrogens is 2. The Bertz CT molecular complexity index is 226. The summed E-state index contributed by atoms with van der Waals surface area (Å²) in [6.07, 6.45) is 3.09. The molecule has 4 nitrogen and oxygen atoms in total. The van der Waals surface area contributed by atoms with Crippen LogP contribution in [0.15, 0.2) is 18.5 Å². The van der Waals surface area contributed by atoms with Gasteiger partial charge >= 0.3 is 5.95 Å². The number of aliphatic hydroxyl groups excluding tert-OH is 1. The molecule has 0 radical (unpaired) electrons. The van der Waals surface area contributed by atoms with Gasteiger partial charge in [0.25, 0.3) is 0 Å². The Balaban J connectivity index is 2.42. The summed E-state index contributed by atoms with van der Waals surface area (Å²) in [6, 6.07) is 1.84. The van der Waals surface area contributed by atoms with E-state index in [0.717, 1.165) is 5.95 Å². The predicted octanol–water partition coefficient (Wildman–Crippen LogP) is -0.887. The predicted molar refractivity (Wildman–Crippen MR) is 34.1 cm³/mol. The van der Waals surface area contributed by atoms with Gasteiger partial charge in [0.1, 0.15) is 12.7 Å². The zero-order valence-electron chi connectivity index (χ0n) is 5.36. The fraction of sp³-hybridized carbons (Fsp3) is 0.333. The molecule has 1 unspecified atom stereocenters. The topological polar surface area (TPSA) is 49.0 Å². The Labute approximate surface area is 58.1 Å². The molecule has 0 saturated carbocycles. The molecule has 0 aromatic carbocycles. The summed E-state index contributed by atoms with van der Waals surface area (Å²) in [4.78, 5) is 4.00. The van der Waals surface area contributed by atoms with Crippen molar-refractivity contribution in [2.75, 3.05) is 5.32 Å². The summed E-state index contributed by atoms with van der Waals surface area (Å²) in [7, 11) is 0. The molecular formula is C6H8N3O+. The third-order valence-electron chi connectivity index (χ3n) is 1.49. The Morgan fingerprint density at radius 1 is 1.80 bits per heavy atom. The largest absolute Gasteiger partial charge is 0.393 e. The van der Waals surface area contributed by atoms with Crippen LogP contribution in [-0.2, 0) is 6.54 Å². The van der Waals surface area contributed by atoms with Crippen molar-refractivity contribution in [3.8, 4) is 0 Å². The van der Waals surface area contributed by atoms with E-state index >= 15 is 0 Å². The first-order valence-electron chi connectivity index (χ1n) is 3.15. The third-order valence-corrected chi connectivity index (χ3v) is 1.49. The SMILES string of the molecule is OC1C[n+]2cccnc2N1. The first kappa shape index (κ1) is 5.61. The minimum absolute atomic E-state index is 0.477. The second-order valence-electron chi connectivity index (χ2n) is 2.26. The lowest BCUT2D eigenvalue weighted by atomic mass is 10.6. The van der Waals surface area contributed by atoms with Crippen molar-refractivity contribution < 1.29 is 9.67 Å². The van der Waals surface area contributed by atoms with E-state index in [2.05, 4.69) is 10.3 Å². The van der Waals surface area contributed by atoms with E-state index in [1.54, 1.807) is 6.20 Å². The van der Waals surface area contributed by atoms with E-state index in [4.69, 9.17) is 5.11 Å². The minimum atomic E-state index is -0.477. The van der Waals surface area contributed by atoms with Crippen molar-refractivity contribution in [3.63, 3.8) is 0 Å². The van der Waals surface area contributed by atoms with Crippen LogP contribution in [0.2, 0.25) is 0 Å². The molecule has 52 valence electrons. The first-order valence-corrected chi connectivity index (χ1v) is 3.15. The van der Waals surface area contributed by atoms with E-state index in [1.165, 1.54) is 0 Å². The van der Waals surface area contributed by atoms with Crippen LogP contribution in [0.1, 0.15) is 0 Å². The average Bonchev–Trinajstić information content (AvgIpc) is 2.27. The molecule has 1 aromatic heterocycles. The molecule has 0 saturated heterocycles. The average molecular weight is 138 g/mol. The van der Waals surface area contributed by atoms with Gasteiger partial charge < -0.3 is 5.11 Å². The third kappa shape index (κ3) is 0.733. The second-order valence-corrected chi connectivity index (χ2v) is 2.26. The van der Waals surface area contributed by atoms with Crippen LogP contribution in [-0.4, -0.2) is 16.3 Å². The van der Waals surface area contributed by atoms with E-state index < -0.39 is 6.23 Å². The van der Waals surface area contributed by atoms with Gasteiger partial charge in [-0.15, -0.1) is 0 Å².